The highest BCUT2D eigenvalue weighted by molar-refractivity contribution is 5.77. The summed E-state index contributed by atoms with van der Waals surface area (Å²) in [4.78, 5) is 14.1. The fourth-order valence-corrected chi connectivity index (χ4v) is 1.99. The van der Waals surface area contributed by atoms with Gasteiger partial charge in [0.15, 0.2) is 0 Å². The lowest BCUT2D eigenvalue weighted by Crippen LogP contribution is -2.50. The van der Waals surface area contributed by atoms with E-state index in [2.05, 4.69) is 10.2 Å². The van der Waals surface area contributed by atoms with Crippen LogP contribution in [0.25, 0.3) is 0 Å². The smallest absolute Gasteiger partial charge is 0.222 e. The minimum Gasteiger partial charge on any atom is -0.379 e. The Morgan fingerprint density at radius 3 is 2.47 bits per heavy atom. The molecule has 1 heterocycles. The summed E-state index contributed by atoms with van der Waals surface area (Å²) < 4.78 is 5.30. The molecule has 3 N–H and O–H groups in total. The Hall–Kier alpha value is -0.650. The van der Waals surface area contributed by atoms with Gasteiger partial charge in [0.1, 0.15) is 0 Å². The molecule has 5 nitrogen and oxygen atoms in total. The zero-order valence-corrected chi connectivity index (χ0v) is 11.2. The number of morpholine rings is 1. The highest BCUT2D eigenvalue weighted by atomic mass is 16.5. The van der Waals surface area contributed by atoms with E-state index >= 15 is 0 Å². The van der Waals surface area contributed by atoms with Gasteiger partial charge in [-0.25, -0.2) is 0 Å². The number of carbonyl (C=O) groups is 1. The summed E-state index contributed by atoms with van der Waals surface area (Å²) in [5, 5.41) is 2.97. The summed E-state index contributed by atoms with van der Waals surface area (Å²) in [5.41, 5.74) is 5.57. The monoisotopic (exact) mass is 243 g/mol. The Morgan fingerprint density at radius 2 is 2.00 bits per heavy atom. The van der Waals surface area contributed by atoms with Crippen LogP contribution in [0.15, 0.2) is 0 Å². The summed E-state index contributed by atoms with van der Waals surface area (Å²) in [7, 11) is 0. The highest BCUT2D eigenvalue weighted by Crippen LogP contribution is 2.08. The van der Waals surface area contributed by atoms with Gasteiger partial charge in [-0.05, 0) is 20.8 Å². The number of carbonyl (C=O) groups excluding carboxylic acids is 1. The Kier molecular flexibility index (Phi) is 5.36. The molecule has 0 bridgehead atoms. The largest absolute Gasteiger partial charge is 0.379 e. The van der Waals surface area contributed by atoms with E-state index < -0.39 is 0 Å². The fourth-order valence-electron chi connectivity index (χ4n) is 1.99. The number of nitrogens with zero attached hydrogens (tertiary/aromatic N) is 1. The number of rotatable bonds is 4. The number of nitrogens with one attached hydrogen (secondary N) is 1. The van der Waals surface area contributed by atoms with Crippen LogP contribution in [0.4, 0.5) is 0 Å². The van der Waals surface area contributed by atoms with Crippen LogP contribution in [0.5, 0.6) is 0 Å². The first-order valence-corrected chi connectivity index (χ1v) is 6.25. The van der Waals surface area contributed by atoms with Crippen molar-refractivity contribution in [2.24, 2.45) is 5.73 Å². The van der Waals surface area contributed by atoms with Crippen molar-refractivity contribution in [3.8, 4) is 0 Å². The van der Waals surface area contributed by atoms with Crippen molar-refractivity contribution in [2.75, 3.05) is 32.8 Å². The molecule has 1 rings (SSSR count). The van der Waals surface area contributed by atoms with E-state index in [-0.39, 0.29) is 17.5 Å². The first-order valence-electron chi connectivity index (χ1n) is 6.25. The number of nitrogens with two attached hydrogens (primary N) is 1. The van der Waals surface area contributed by atoms with E-state index in [1.165, 1.54) is 0 Å². The van der Waals surface area contributed by atoms with E-state index in [1.807, 2.05) is 20.8 Å². The number of hydrogen-bond acceptors (Lipinski definition) is 4. The number of amides is 1. The molecule has 17 heavy (non-hydrogen) atoms. The van der Waals surface area contributed by atoms with Crippen molar-refractivity contribution < 1.29 is 9.53 Å². The lowest BCUT2D eigenvalue weighted by atomic mass is 10.1. The molecule has 1 aliphatic rings. The maximum Gasteiger partial charge on any atom is 0.222 e. The molecule has 1 amide bonds. The van der Waals surface area contributed by atoms with Crippen LogP contribution >= 0.6 is 0 Å². The standard InChI is InChI=1S/C12H25N3O2/c1-12(2,3)14-11(16)8-10(9-13)15-4-6-17-7-5-15/h10H,4-9,13H2,1-3H3,(H,14,16). The Bertz CT molecular complexity index is 245. The second kappa shape index (κ2) is 6.33. The first-order chi connectivity index (χ1) is 7.92. The molecule has 1 unspecified atom stereocenters. The Labute approximate surface area is 104 Å². The molecule has 5 heteroatoms. The third-order valence-electron chi connectivity index (χ3n) is 2.77. The third kappa shape index (κ3) is 5.48. The minimum absolute atomic E-state index is 0.0689. The molecule has 0 aliphatic carbocycles. The van der Waals surface area contributed by atoms with E-state index in [9.17, 15) is 4.79 Å². The first kappa shape index (κ1) is 14.4. The minimum atomic E-state index is -0.179. The topological polar surface area (TPSA) is 67.6 Å². The van der Waals surface area contributed by atoms with Crippen molar-refractivity contribution in [1.29, 1.82) is 0 Å². The molecular weight excluding hydrogens is 218 g/mol. The molecule has 1 fully saturated rings. The summed E-state index contributed by atoms with van der Waals surface area (Å²) in [6.07, 6.45) is 0.466. The lowest BCUT2D eigenvalue weighted by Gasteiger charge is -2.34. The van der Waals surface area contributed by atoms with Gasteiger partial charge < -0.3 is 15.8 Å². The highest BCUT2D eigenvalue weighted by Gasteiger charge is 2.23. The lowest BCUT2D eigenvalue weighted by molar-refractivity contribution is -0.124. The zero-order chi connectivity index (χ0) is 12.9. The van der Waals surface area contributed by atoms with Crippen LogP contribution in [0.3, 0.4) is 0 Å². The van der Waals surface area contributed by atoms with Crippen LogP contribution in [0.2, 0.25) is 0 Å². The van der Waals surface area contributed by atoms with E-state index in [0.717, 1.165) is 26.3 Å². The van der Waals surface area contributed by atoms with Crippen molar-refractivity contribution in [3.63, 3.8) is 0 Å². The van der Waals surface area contributed by atoms with Crippen molar-refractivity contribution in [1.82, 2.24) is 10.2 Å². The van der Waals surface area contributed by atoms with Crippen LogP contribution in [0, 0.1) is 0 Å². The van der Waals surface area contributed by atoms with Crippen molar-refractivity contribution >= 4 is 5.91 Å². The quantitative estimate of drug-likeness (QED) is 0.726. The molecule has 0 saturated carbocycles. The average Bonchev–Trinajstić information content (AvgIpc) is 2.24. The normalized spacial score (nSPS) is 20.0. The molecule has 1 saturated heterocycles. The van der Waals surface area contributed by atoms with Gasteiger partial charge in [-0.3, -0.25) is 9.69 Å². The predicted molar refractivity (Wildman–Crippen MR) is 67.7 cm³/mol. The molecule has 0 aromatic heterocycles. The van der Waals surface area contributed by atoms with Crippen LogP contribution in [-0.4, -0.2) is 55.2 Å². The van der Waals surface area contributed by atoms with E-state index in [1.54, 1.807) is 0 Å². The van der Waals surface area contributed by atoms with Gasteiger partial charge in [-0.1, -0.05) is 0 Å². The molecule has 100 valence electrons. The van der Waals surface area contributed by atoms with E-state index in [4.69, 9.17) is 10.5 Å². The Balaban J connectivity index is 2.42. The van der Waals surface area contributed by atoms with Crippen LogP contribution < -0.4 is 11.1 Å². The maximum absolute atomic E-state index is 11.8. The van der Waals surface area contributed by atoms with Gasteiger partial charge in [0, 0.05) is 37.6 Å². The van der Waals surface area contributed by atoms with Crippen LogP contribution in [-0.2, 0) is 9.53 Å². The fraction of sp³-hybridized carbons (Fsp3) is 0.917. The van der Waals surface area contributed by atoms with Gasteiger partial charge in [0.05, 0.1) is 13.2 Å². The van der Waals surface area contributed by atoms with Crippen molar-refractivity contribution in [2.45, 2.75) is 38.8 Å². The van der Waals surface area contributed by atoms with Gasteiger partial charge in [0.25, 0.3) is 0 Å². The molecule has 0 spiro atoms. The summed E-state index contributed by atoms with van der Waals surface area (Å²) in [6, 6.07) is 0.126. The van der Waals surface area contributed by atoms with Gasteiger partial charge in [-0.15, -0.1) is 0 Å². The molecule has 0 aromatic rings. The van der Waals surface area contributed by atoms with Gasteiger partial charge in [0.2, 0.25) is 5.91 Å². The van der Waals surface area contributed by atoms with Crippen molar-refractivity contribution in [3.05, 3.63) is 0 Å². The number of ether oxygens (including phenoxy) is 1. The molecule has 1 aliphatic heterocycles. The number of hydrogen-bond donors (Lipinski definition) is 2. The van der Waals surface area contributed by atoms with Gasteiger partial charge >= 0.3 is 0 Å². The zero-order valence-electron chi connectivity index (χ0n) is 11.2. The molecule has 0 radical (unpaired) electrons. The van der Waals surface area contributed by atoms with E-state index in [0.29, 0.717) is 13.0 Å². The van der Waals surface area contributed by atoms with Gasteiger partial charge in [-0.2, -0.15) is 0 Å². The average molecular weight is 243 g/mol. The Morgan fingerprint density at radius 1 is 1.41 bits per heavy atom. The van der Waals surface area contributed by atoms with Crippen LogP contribution in [0.1, 0.15) is 27.2 Å². The summed E-state index contributed by atoms with van der Waals surface area (Å²) in [6.45, 7) is 9.66. The summed E-state index contributed by atoms with van der Waals surface area (Å²) >= 11 is 0. The maximum atomic E-state index is 11.8. The summed E-state index contributed by atoms with van der Waals surface area (Å²) in [5.74, 6) is 0.0689. The second-order valence-electron chi connectivity index (χ2n) is 5.54. The molecule has 0 aromatic carbocycles. The molecule has 1 atom stereocenters. The molecular formula is C12H25N3O2. The second-order valence-corrected chi connectivity index (χ2v) is 5.54. The predicted octanol–water partition coefficient (Wildman–Crippen LogP) is -0.0493. The third-order valence-corrected chi connectivity index (χ3v) is 2.77. The SMILES string of the molecule is CC(C)(C)NC(=O)CC(CN)N1CCOCC1.